The summed E-state index contributed by atoms with van der Waals surface area (Å²) in [7, 11) is 0. The van der Waals surface area contributed by atoms with Gasteiger partial charge in [0.05, 0.1) is 0 Å². The molecule has 0 atom stereocenters. The topological polar surface area (TPSA) is 52.1 Å². The van der Waals surface area contributed by atoms with E-state index in [1.165, 1.54) is 67.7 Å². The molecule has 9 aromatic rings. The lowest BCUT2D eigenvalue weighted by atomic mass is 9.84. The Labute approximate surface area is 277 Å². The van der Waals surface area contributed by atoms with E-state index in [-0.39, 0.29) is 0 Å². The molecule has 0 unspecified atom stereocenters. The van der Waals surface area contributed by atoms with Crippen LogP contribution in [0.2, 0.25) is 0 Å². The second kappa shape index (κ2) is 11.7. The predicted octanol–water partition coefficient (Wildman–Crippen LogP) is 12.0. The molecule has 2 heterocycles. The van der Waals surface area contributed by atoms with Gasteiger partial charge in [-0.05, 0) is 72.1 Å². The van der Waals surface area contributed by atoms with E-state index < -0.39 is 0 Å². The summed E-state index contributed by atoms with van der Waals surface area (Å²) in [5.74, 6) is 0. The molecule has 0 N–H and O–H groups in total. The van der Waals surface area contributed by atoms with Gasteiger partial charge in [-0.1, -0.05) is 140 Å². The normalized spacial score (nSPS) is 11.3. The van der Waals surface area contributed by atoms with Crippen molar-refractivity contribution in [3.05, 3.63) is 171 Å². The molecule has 0 aliphatic rings. The molecule has 0 amide bonds. The summed E-state index contributed by atoms with van der Waals surface area (Å²) in [6, 6.07) is 52.2. The average Bonchev–Trinajstić information content (AvgIpc) is 3.91. The molecular weight excluding hydrogens is 588 g/mol. The van der Waals surface area contributed by atoms with Crippen molar-refractivity contribution in [2.45, 2.75) is 0 Å². The maximum absolute atomic E-state index is 5.26. The third kappa shape index (κ3) is 4.79. The number of oxazole rings is 2. The largest absolute Gasteiger partial charge is 0.451 e. The van der Waals surface area contributed by atoms with Gasteiger partial charge >= 0.3 is 0 Å². The van der Waals surface area contributed by atoms with E-state index >= 15 is 0 Å². The number of aromatic nitrogens is 2. The van der Waals surface area contributed by atoms with Gasteiger partial charge in [0.25, 0.3) is 0 Å². The molecule has 4 heteroatoms. The Morgan fingerprint density at radius 3 is 1.31 bits per heavy atom. The third-order valence-corrected chi connectivity index (χ3v) is 9.15. The SMILES string of the molecule is c1ccc(-c2ccccc2-c2ccc3c(-c4ccc(-c5cocn5)cc4)c4ccccc4c(-c4ccc(-c5cocn5)cc4)c3c2)cc1. The third-order valence-electron chi connectivity index (χ3n) is 9.15. The van der Waals surface area contributed by atoms with Crippen molar-refractivity contribution >= 4 is 21.5 Å². The molecule has 226 valence electrons. The van der Waals surface area contributed by atoms with Gasteiger partial charge in [0.2, 0.25) is 0 Å². The first-order chi connectivity index (χ1) is 23.8. The van der Waals surface area contributed by atoms with Gasteiger partial charge in [-0.15, -0.1) is 0 Å². The van der Waals surface area contributed by atoms with Gasteiger partial charge < -0.3 is 8.83 Å². The fourth-order valence-electron chi connectivity index (χ4n) is 6.90. The molecule has 0 aliphatic heterocycles. The van der Waals surface area contributed by atoms with Crippen LogP contribution in [0.25, 0.3) is 88.6 Å². The van der Waals surface area contributed by atoms with Crippen molar-refractivity contribution in [3.8, 4) is 67.0 Å². The van der Waals surface area contributed by atoms with Gasteiger partial charge in [0, 0.05) is 11.1 Å². The molecule has 0 spiro atoms. The van der Waals surface area contributed by atoms with Crippen LogP contribution in [0.5, 0.6) is 0 Å². The first-order valence-corrected chi connectivity index (χ1v) is 15.9. The molecule has 48 heavy (non-hydrogen) atoms. The summed E-state index contributed by atoms with van der Waals surface area (Å²) in [5.41, 5.74) is 13.2. The highest BCUT2D eigenvalue weighted by atomic mass is 16.3. The fourth-order valence-corrected chi connectivity index (χ4v) is 6.90. The Bertz CT molecular complexity index is 2520. The standard InChI is InChI=1S/C44H28N2O2/c1-2-8-29(9-3-1)35-10-4-5-11-36(35)34-22-23-39-40(24-34)44(33-20-16-31(17-21-33)42-26-48-28-46-42)38-13-7-6-12-37(38)43(39)32-18-14-30(15-19-32)41-25-47-27-45-41/h1-28H. The summed E-state index contributed by atoms with van der Waals surface area (Å²) in [5, 5.41) is 4.79. The van der Waals surface area contributed by atoms with Crippen LogP contribution in [0.3, 0.4) is 0 Å². The Kier molecular flexibility index (Phi) is 6.76. The molecule has 4 nitrogen and oxygen atoms in total. The molecule has 0 saturated carbocycles. The highest BCUT2D eigenvalue weighted by Crippen LogP contribution is 2.46. The lowest BCUT2D eigenvalue weighted by Crippen LogP contribution is -1.93. The summed E-state index contributed by atoms with van der Waals surface area (Å²) in [6.07, 6.45) is 6.29. The van der Waals surface area contributed by atoms with Gasteiger partial charge in [0.15, 0.2) is 12.8 Å². The Balaban J connectivity index is 1.31. The van der Waals surface area contributed by atoms with Crippen molar-refractivity contribution in [3.63, 3.8) is 0 Å². The van der Waals surface area contributed by atoms with Gasteiger partial charge in [-0.25, -0.2) is 9.97 Å². The summed E-state index contributed by atoms with van der Waals surface area (Å²) >= 11 is 0. The first-order valence-electron chi connectivity index (χ1n) is 15.9. The summed E-state index contributed by atoms with van der Waals surface area (Å²) in [4.78, 5) is 8.71. The zero-order valence-electron chi connectivity index (χ0n) is 25.9. The quantitative estimate of drug-likeness (QED) is 0.174. The van der Waals surface area contributed by atoms with E-state index in [4.69, 9.17) is 8.83 Å². The van der Waals surface area contributed by atoms with Crippen LogP contribution in [0, 0.1) is 0 Å². The number of hydrogen-bond acceptors (Lipinski definition) is 4. The van der Waals surface area contributed by atoms with E-state index in [9.17, 15) is 0 Å². The lowest BCUT2D eigenvalue weighted by Gasteiger charge is -2.19. The highest BCUT2D eigenvalue weighted by molar-refractivity contribution is 6.22. The molecule has 2 aromatic heterocycles. The van der Waals surface area contributed by atoms with Gasteiger partial charge in [0.1, 0.15) is 23.9 Å². The van der Waals surface area contributed by atoms with Crippen LogP contribution in [0.15, 0.2) is 180 Å². The maximum atomic E-state index is 5.26. The monoisotopic (exact) mass is 616 g/mol. The molecule has 7 aromatic carbocycles. The summed E-state index contributed by atoms with van der Waals surface area (Å²) in [6.45, 7) is 0. The van der Waals surface area contributed by atoms with Crippen LogP contribution in [0.1, 0.15) is 0 Å². The van der Waals surface area contributed by atoms with Crippen LogP contribution >= 0.6 is 0 Å². The first kappa shape index (κ1) is 27.8. The second-order valence-corrected chi connectivity index (χ2v) is 11.9. The predicted molar refractivity (Wildman–Crippen MR) is 194 cm³/mol. The second-order valence-electron chi connectivity index (χ2n) is 11.9. The van der Waals surface area contributed by atoms with E-state index in [0.717, 1.165) is 33.6 Å². The Hall–Kier alpha value is -6.52. The number of fused-ring (bicyclic) bond motifs is 2. The number of rotatable bonds is 6. The van der Waals surface area contributed by atoms with E-state index in [1.807, 2.05) is 0 Å². The van der Waals surface area contributed by atoms with Crippen molar-refractivity contribution in [2.24, 2.45) is 0 Å². The van der Waals surface area contributed by atoms with Gasteiger partial charge in [-0.2, -0.15) is 0 Å². The van der Waals surface area contributed by atoms with Crippen LogP contribution in [-0.2, 0) is 0 Å². The Morgan fingerprint density at radius 1 is 0.333 bits per heavy atom. The molecule has 9 rings (SSSR count). The minimum atomic E-state index is 0.820. The fraction of sp³-hybridized carbons (Fsp3) is 0. The maximum Gasteiger partial charge on any atom is 0.181 e. The minimum Gasteiger partial charge on any atom is -0.451 e. The number of hydrogen-bond donors (Lipinski definition) is 0. The van der Waals surface area contributed by atoms with Crippen molar-refractivity contribution in [1.82, 2.24) is 9.97 Å². The molecule has 0 radical (unpaired) electrons. The highest BCUT2D eigenvalue weighted by Gasteiger charge is 2.19. The molecule has 0 saturated heterocycles. The minimum absolute atomic E-state index is 0.820. The van der Waals surface area contributed by atoms with E-state index in [0.29, 0.717) is 0 Å². The zero-order valence-corrected chi connectivity index (χ0v) is 25.9. The molecule has 0 aliphatic carbocycles. The van der Waals surface area contributed by atoms with Crippen molar-refractivity contribution in [1.29, 1.82) is 0 Å². The van der Waals surface area contributed by atoms with Crippen molar-refractivity contribution < 1.29 is 8.83 Å². The van der Waals surface area contributed by atoms with E-state index in [2.05, 4.69) is 156 Å². The number of nitrogens with zero attached hydrogens (tertiary/aromatic N) is 2. The smallest absolute Gasteiger partial charge is 0.181 e. The molecule has 0 bridgehead atoms. The van der Waals surface area contributed by atoms with Crippen LogP contribution in [-0.4, -0.2) is 9.97 Å². The lowest BCUT2D eigenvalue weighted by molar-refractivity contribution is 0.558. The zero-order chi connectivity index (χ0) is 31.9. The summed E-state index contributed by atoms with van der Waals surface area (Å²) < 4.78 is 10.5. The number of benzene rings is 7. The van der Waals surface area contributed by atoms with E-state index in [1.54, 1.807) is 12.5 Å². The average molecular weight is 617 g/mol. The van der Waals surface area contributed by atoms with Gasteiger partial charge in [-0.3, -0.25) is 0 Å². The molecule has 0 fully saturated rings. The molecular formula is C44H28N2O2. The van der Waals surface area contributed by atoms with Crippen LogP contribution < -0.4 is 0 Å². The van der Waals surface area contributed by atoms with Crippen molar-refractivity contribution in [2.75, 3.05) is 0 Å². The van der Waals surface area contributed by atoms with Crippen LogP contribution in [0.4, 0.5) is 0 Å². The Morgan fingerprint density at radius 2 is 0.771 bits per heavy atom.